The van der Waals surface area contributed by atoms with Crippen molar-refractivity contribution < 1.29 is 17.4 Å². The fraction of sp³-hybridized carbons (Fsp3) is 0.263. The molecule has 0 heterocycles. The summed E-state index contributed by atoms with van der Waals surface area (Å²) in [5, 5.41) is 0. The summed E-state index contributed by atoms with van der Waals surface area (Å²) < 4.78 is 4.84. The topological polar surface area (TPSA) is 0 Å². The molecule has 0 aliphatic heterocycles. The Labute approximate surface area is 305 Å². The molecule has 0 radical (unpaired) electrons. The first kappa shape index (κ1) is 37.9. The van der Waals surface area contributed by atoms with Crippen molar-refractivity contribution in [1.82, 2.24) is 0 Å². The van der Waals surface area contributed by atoms with E-state index in [0.717, 1.165) is 25.3 Å². The van der Waals surface area contributed by atoms with E-state index < -0.39 is 23.4 Å². The van der Waals surface area contributed by atoms with Crippen LogP contribution in [0.25, 0.3) is 34.4 Å². The molecular weight excluding hydrogens is 781 g/mol. The minimum absolute atomic E-state index is 0. The Morgan fingerprint density at radius 2 is 1.04 bits per heavy atom. The summed E-state index contributed by atoms with van der Waals surface area (Å²) in [7, 11) is 0. The molecule has 0 spiro atoms. The van der Waals surface area contributed by atoms with Crippen molar-refractivity contribution >= 4 is 83.1 Å². The van der Waals surface area contributed by atoms with E-state index in [9.17, 15) is 0 Å². The Morgan fingerprint density at radius 3 is 1.41 bits per heavy atom. The average Bonchev–Trinajstić information content (AvgIpc) is 3.61. The fourth-order valence-corrected chi connectivity index (χ4v) is 36.2. The summed E-state index contributed by atoms with van der Waals surface area (Å²) in [6.07, 6.45) is 8.20. The molecule has 0 saturated carbocycles. The zero-order chi connectivity index (χ0) is 31.1. The molecule has 0 fully saturated rings. The quantitative estimate of drug-likeness (QED) is 0.110. The molecule has 2 unspecified atom stereocenters. The molecule has 0 bridgehead atoms. The Morgan fingerprint density at radius 1 is 0.630 bits per heavy atom. The monoisotopic (exact) mass is 820 g/mol. The third kappa shape index (κ3) is 7.06. The summed E-state index contributed by atoms with van der Waals surface area (Å²) in [6.45, 7) is 7.15. The number of benzene rings is 4. The Kier molecular flexibility index (Phi) is 12.3. The first-order valence-corrected chi connectivity index (χ1v) is 34.1. The van der Waals surface area contributed by atoms with Gasteiger partial charge in [0.05, 0.1) is 0 Å². The van der Waals surface area contributed by atoms with Crippen LogP contribution in [0.3, 0.4) is 0 Å². The number of hydrogen-bond donors (Lipinski definition) is 0. The van der Waals surface area contributed by atoms with Gasteiger partial charge in [-0.1, -0.05) is 0 Å². The van der Waals surface area contributed by atoms with E-state index in [2.05, 4.69) is 135 Å². The first-order chi connectivity index (χ1) is 21.0. The van der Waals surface area contributed by atoms with E-state index in [4.69, 9.17) is 33.2 Å². The number of hydrogen-bond acceptors (Lipinski definition) is 0. The third-order valence-corrected chi connectivity index (χ3v) is 36.1. The van der Waals surface area contributed by atoms with Gasteiger partial charge < -0.3 is 0 Å². The van der Waals surface area contributed by atoms with Crippen LogP contribution < -0.4 is 0 Å². The van der Waals surface area contributed by atoms with Gasteiger partial charge in [-0.15, -0.1) is 24.8 Å². The number of rotatable bonds is 10. The van der Waals surface area contributed by atoms with Gasteiger partial charge in [-0.05, 0) is 0 Å². The van der Waals surface area contributed by atoms with Crippen LogP contribution in [0, 0.1) is 0 Å². The molecule has 0 N–H and O–H groups in total. The third-order valence-electron chi connectivity index (χ3n) is 10.4. The van der Waals surface area contributed by atoms with Gasteiger partial charge in [-0.25, -0.2) is 0 Å². The fourth-order valence-electron chi connectivity index (χ4n) is 8.57. The molecule has 2 aliphatic carbocycles. The van der Waals surface area contributed by atoms with Gasteiger partial charge in [0.15, 0.2) is 0 Å². The molecule has 0 amide bonds. The first-order valence-electron chi connectivity index (χ1n) is 15.9. The van der Waals surface area contributed by atoms with E-state index in [-0.39, 0.29) is 24.8 Å². The second-order valence-corrected chi connectivity index (χ2v) is 51.0. The predicted molar refractivity (Wildman–Crippen MR) is 212 cm³/mol. The van der Waals surface area contributed by atoms with Gasteiger partial charge in [0.1, 0.15) is 0 Å². The molecule has 0 saturated heterocycles. The van der Waals surface area contributed by atoms with E-state index in [1.807, 2.05) is 0 Å². The minimum Gasteiger partial charge on any atom is -0.147 e. The maximum Gasteiger partial charge on any atom is -0.147 e. The van der Waals surface area contributed by atoms with Crippen LogP contribution in [-0.2, 0) is 17.4 Å². The predicted octanol–water partition coefficient (Wildman–Crippen LogP) is 13.0. The van der Waals surface area contributed by atoms with Crippen molar-refractivity contribution in [3.63, 3.8) is 0 Å². The summed E-state index contributed by atoms with van der Waals surface area (Å²) in [5.41, 5.74) is 14.4. The molecule has 2 atom stereocenters. The van der Waals surface area contributed by atoms with E-state index >= 15 is 0 Å². The molecule has 2 aliphatic rings. The van der Waals surface area contributed by atoms with Crippen LogP contribution >= 0.6 is 58.1 Å². The number of allylic oxidation sites excluding steroid dienone is 2. The van der Waals surface area contributed by atoms with Crippen molar-refractivity contribution in [3.05, 3.63) is 130 Å². The van der Waals surface area contributed by atoms with Gasteiger partial charge in [-0.3, -0.25) is 0 Å². The zero-order valence-electron chi connectivity index (χ0n) is 26.7. The Hall–Kier alpha value is -0.873. The average molecular weight is 824 g/mol. The molecule has 0 nitrogen and oxygen atoms in total. The summed E-state index contributed by atoms with van der Waals surface area (Å²) >= 11 is 15.7. The summed E-state index contributed by atoms with van der Waals surface area (Å²) in [6, 6.07) is 33.8. The van der Waals surface area contributed by atoms with Crippen LogP contribution in [0.4, 0.5) is 0 Å². The smallest absolute Gasteiger partial charge is 0.147 e. The molecule has 46 heavy (non-hydrogen) atoms. The van der Waals surface area contributed by atoms with Crippen molar-refractivity contribution in [2.75, 3.05) is 0 Å². The molecule has 8 heteroatoms. The maximum absolute atomic E-state index is 6.55. The Balaban J connectivity index is 0.00000240. The standard InChI is InChI=1S/2C17H15.C3H6Cl3Si.CH3.2ClH.H2Si.Zr/c2*1-2-13-11-15-9-6-10-16(17(15)12-13)14-7-4-3-5-8-14;1-2-3-7(4,5)6;;;;;/h2*3-12H,2H2,1H3;1-3H2;1H3;2*1H;1H2;. The van der Waals surface area contributed by atoms with Gasteiger partial charge in [0.25, 0.3) is 0 Å². The summed E-state index contributed by atoms with van der Waals surface area (Å²) in [5.74, 6) is 0. The van der Waals surface area contributed by atoms with E-state index in [1.54, 1.807) is 11.1 Å². The largest absolute Gasteiger partial charge is 0.147 e. The van der Waals surface area contributed by atoms with E-state index in [0.29, 0.717) is 7.25 Å². The molecular formula is C38H43Cl5Si2Zr. The second kappa shape index (κ2) is 14.9. The van der Waals surface area contributed by atoms with Crippen molar-refractivity contribution in [3.8, 4) is 22.3 Å². The van der Waals surface area contributed by atoms with Crippen LogP contribution in [0.15, 0.2) is 108 Å². The molecule has 0 aromatic heterocycles. The maximum atomic E-state index is 6.55. The molecule has 242 valence electrons. The minimum atomic E-state index is -3.96. The van der Waals surface area contributed by atoms with Gasteiger partial charge in [0, 0.05) is 0 Å². The van der Waals surface area contributed by atoms with Crippen LogP contribution in [0.2, 0.25) is 14.8 Å². The SMILES string of the molecule is CCC1=Cc2c(-c3ccccc3)cccc2[CH]1[Zr]([CH3])(=[SiH2])([CH2]CC[Si](Cl)(Cl)Cl)[CH]1C(CC)=Cc2c(-c3ccccc3)cccc21.Cl.Cl. The normalized spacial score (nSPS) is 17.3. The van der Waals surface area contributed by atoms with Gasteiger partial charge in [0.2, 0.25) is 0 Å². The number of halogens is 5. The Bertz CT molecular complexity index is 1710. The van der Waals surface area contributed by atoms with Crippen LogP contribution in [0.5, 0.6) is 0 Å². The van der Waals surface area contributed by atoms with Crippen LogP contribution in [0.1, 0.15) is 62.6 Å². The van der Waals surface area contributed by atoms with Crippen molar-refractivity contribution in [2.24, 2.45) is 0 Å². The zero-order valence-corrected chi connectivity index (χ0v) is 35.5. The van der Waals surface area contributed by atoms with Gasteiger partial charge >= 0.3 is 284 Å². The molecule has 6 rings (SSSR count). The molecule has 4 aromatic carbocycles. The molecule has 4 aromatic rings. The van der Waals surface area contributed by atoms with Crippen molar-refractivity contribution in [2.45, 2.75) is 55.2 Å². The van der Waals surface area contributed by atoms with Gasteiger partial charge in [-0.2, -0.15) is 0 Å². The second-order valence-electron chi connectivity index (χ2n) is 13.3. The van der Waals surface area contributed by atoms with Crippen LogP contribution in [-0.4, -0.2) is 12.9 Å². The number of fused-ring (bicyclic) bond motifs is 2. The summed E-state index contributed by atoms with van der Waals surface area (Å²) in [4.78, 5) is 0. The van der Waals surface area contributed by atoms with E-state index in [1.165, 1.54) is 48.6 Å². The van der Waals surface area contributed by atoms with Crippen molar-refractivity contribution in [1.29, 1.82) is 0 Å².